The average molecular weight is 392 g/mol. The van der Waals surface area contributed by atoms with E-state index in [2.05, 4.69) is 10.6 Å². The number of hydrogen-bond acceptors (Lipinski definition) is 3. The number of imide groups is 1. The Hall–Kier alpha value is -2.57. The zero-order valence-electron chi connectivity index (χ0n) is 13.8. The summed E-state index contributed by atoms with van der Waals surface area (Å²) in [6.07, 6.45) is 0. The smallest absolute Gasteiger partial charge is 0.328 e. The third-order valence-electron chi connectivity index (χ3n) is 3.97. The van der Waals surface area contributed by atoms with Gasteiger partial charge in [-0.15, -0.1) is 0 Å². The molecule has 0 saturated carbocycles. The fourth-order valence-corrected chi connectivity index (χ4v) is 2.90. The molecule has 0 radical (unpaired) electrons. The molecule has 1 aliphatic heterocycles. The first-order chi connectivity index (χ1) is 12.4. The van der Waals surface area contributed by atoms with Gasteiger partial charge in [0, 0.05) is 11.6 Å². The predicted octanol–water partition coefficient (Wildman–Crippen LogP) is 3.61. The number of anilines is 2. The second-order valence-corrected chi connectivity index (χ2v) is 6.70. The normalized spacial score (nSPS) is 17.0. The molecule has 0 spiro atoms. The topological polar surface area (TPSA) is 78.5 Å². The quantitative estimate of drug-likeness (QED) is 0.784. The van der Waals surface area contributed by atoms with E-state index in [0.29, 0.717) is 21.4 Å². The summed E-state index contributed by atoms with van der Waals surface area (Å²) in [5, 5.41) is 5.85. The molecular weight excluding hydrogens is 377 g/mol. The Morgan fingerprint density at radius 1 is 1.15 bits per heavy atom. The molecule has 8 heteroatoms. The summed E-state index contributed by atoms with van der Waals surface area (Å²) in [5.74, 6) is -2.26. The maximum absolute atomic E-state index is 12.8. The van der Waals surface area contributed by atoms with Crippen molar-refractivity contribution in [1.82, 2.24) is 5.32 Å². The zero-order valence-corrected chi connectivity index (χ0v) is 15.3. The molecular formula is C18H15Cl2N3O3. The van der Waals surface area contributed by atoms with E-state index in [4.69, 9.17) is 23.2 Å². The van der Waals surface area contributed by atoms with Crippen LogP contribution in [-0.4, -0.2) is 24.4 Å². The first-order valence-electron chi connectivity index (χ1n) is 7.81. The molecule has 2 aromatic rings. The molecule has 6 nitrogen and oxygen atoms in total. The van der Waals surface area contributed by atoms with Gasteiger partial charge < -0.3 is 10.6 Å². The van der Waals surface area contributed by atoms with Crippen LogP contribution in [0.15, 0.2) is 42.5 Å². The Morgan fingerprint density at radius 3 is 2.54 bits per heavy atom. The van der Waals surface area contributed by atoms with Crippen LogP contribution in [0, 0.1) is 12.8 Å². The van der Waals surface area contributed by atoms with E-state index < -0.39 is 23.8 Å². The van der Waals surface area contributed by atoms with Crippen LogP contribution in [0.25, 0.3) is 0 Å². The van der Waals surface area contributed by atoms with Gasteiger partial charge in [0.2, 0.25) is 11.8 Å². The van der Waals surface area contributed by atoms with Crippen LogP contribution in [0.2, 0.25) is 10.0 Å². The van der Waals surface area contributed by atoms with Crippen LogP contribution in [0.4, 0.5) is 16.2 Å². The minimum absolute atomic E-state index is 0.0932. The summed E-state index contributed by atoms with van der Waals surface area (Å²) in [6.45, 7) is 1.80. The van der Waals surface area contributed by atoms with Gasteiger partial charge in [0.05, 0.1) is 16.4 Å². The van der Waals surface area contributed by atoms with Crippen molar-refractivity contribution in [2.24, 2.45) is 5.92 Å². The number of urea groups is 1. The van der Waals surface area contributed by atoms with Crippen LogP contribution in [-0.2, 0) is 9.59 Å². The zero-order chi connectivity index (χ0) is 18.8. The summed E-state index contributed by atoms with van der Waals surface area (Å²) < 4.78 is 0. The fraction of sp³-hybridized carbons (Fsp3) is 0.167. The lowest BCUT2D eigenvalue weighted by molar-refractivity contribution is -0.130. The number of rotatable bonds is 3. The average Bonchev–Trinajstić information content (AvgIpc) is 2.60. The molecule has 26 heavy (non-hydrogen) atoms. The monoisotopic (exact) mass is 391 g/mol. The molecule has 2 N–H and O–H groups in total. The van der Waals surface area contributed by atoms with Gasteiger partial charge >= 0.3 is 6.03 Å². The molecule has 1 aliphatic rings. The van der Waals surface area contributed by atoms with Crippen molar-refractivity contribution in [3.63, 3.8) is 0 Å². The van der Waals surface area contributed by atoms with Gasteiger partial charge in [0.15, 0.2) is 0 Å². The molecule has 3 rings (SSSR count). The number of amides is 4. The molecule has 0 aromatic heterocycles. The third kappa shape index (κ3) is 3.66. The van der Waals surface area contributed by atoms with Crippen molar-refractivity contribution in [1.29, 1.82) is 0 Å². The first-order valence-corrected chi connectivity index (χ1v) is 8.57. The number of hydrogen-bond donors (Lipinski definition) is 2. The molecule has 0 aliphatic carbocycles. The van der Waals surface area contributed by atoms with Gasteiger partial charge in [-0.05, 0) is 37.3 Å². The Morgan fingerprint density at radius 2 is 1.85 bits per heavy atom. The number of benzene rings is 2. The van der Waals surface area contributed by atoms with Crippen LogP contribution >= 0.6 is 23.2 Å². The maximum Gasteiger partial charge on any atom is 0.328 e. The summed E-state index contributed by atoms with van der Waals surface area (Å²) >= 11 is 11.9. The van der Waals surface area contributed by atoms with Crippen molar-refractivity contribution in [2.75, 3.05) is 16.8 Å². The number of halogens is 2. The van der Waals surface area contributed by atoms with Crippen LogP contribution in [0.3, 0.4) is 0 Å². The number of nitrogens with one attached hydrogen (secondary N) is 2. The maximum atomic E-state index is 12.8. The van der Waals surface area contributed by atoms with Gasteiger partial charge in [-0.2, -0.15) is 0 Å². The highest BCUT2D eigenvalue weighted by Crippen LogP contribution is 2.27. The second kappa shape index (κ2) is 7.35. The number of carbonyl (C=O) groups is 3. The van der Waals surface area contributed by atoms with E-state index in [9.17, 15) is 14.4 Å². The largest absolute Gasteiger partial charge is 0.336 e. The minimum atomic E-state index is -1.08. The predicted molar refractivity (Wildman–Crippen MR) is 101 cm³/mol. The van der Waals surface area contributed by atoms with Gasteiger partial charge in [-0.3, -0.25) is 9.59 Å². The molecule has 2 aromatic carbocycles. The molecule has 1 fully saturated rings. The first kappa shape index (κ1) is 18.2. The van der Waals surface area contributed by atoms with Gasteiger partial charge in [0.25, 0.3) is 0 Å². The van der Waals surface area contributed by atoms with Crippen LogP contribution < -0.4 is 15.5 Å². The Labute approximate surface area is 160 Å². The molecule has 1 atom stereocenters. The highest BCUT2D eigenvalue weighted by atomic mass is 35.5. The van der Waals surface area contributed by atoms with Crippen molar-refractivity contribution in [3.8, 4) is 0 Å². The summed E-state index contributed by atoms with van der Waals surface area (Å²) in [7, 11) is 0. The minimum Gasteiger partial charge on any atom is -0.336 e. The molecule has 134 valence electrons. The van der Waals surface area contributed by atoms with Crippen molar-refractivity contribution >= 4 is 52.4 Å². The van der Waals surface area contributed by atoms with E-state index in [0.717, 1.165) is 10.5 Å². The Kier molecular flexibility index (Phi) is 5.15. The lowest BCUT2D eigenvalue weighted by Crippen LogP contribution is -2.58. The van der Waals surface area contributed by atoms with E-state index in [1.54, 1.807) is 36.4 Å². The number of nitrogens with zero attached hydrogens (tertiary/aromatic N) is 1. The van der Waals surface area contributed by atoms with E-state index in [1.807, 2.05) is 6.92 Å². The SMILES string of the molecule is Cc1ccc(N2C(=O)NCC(C(=O)Nc3cc(Cl)ccc3Cl)C2=O)cc1. The Balaban J connectivity index is 1.82. The molecule has 1 heterocycles. The summed E-state index contributed by atoms with van der Waals surface area (Å²) in [6, 6.07) is 10.9. The lowest BCUT2D eigenvalue weighted by Gasteiger charge is -2.30. The van der Waals surface area contributed by atoms with E-state index >= 15 is 0 Å². The Bertz CT molecular complexity index is 884. The summed E-state index contributed by atoms with van der Waals surface area (Å²) in [4.78, 5) is 38.4. The number of aryl methyl sites for hydroxylation is 1. The van der Waals surface area contributed by atoms with Gasteiger partial charge in [-0.1, -0.05) is 40.9 Å². The van der Waals surface area contributed by atoms with Crippen molar-refractivity contribution in [2.45, 2.75) is 6.92 Å². The number of carbonyl (C=O) groups excluding carboxylic acids is 3. The highest BCUT2D eigenvalue weighted by Gasteiger charge is 2.39. The van der Waals surface area contributed by atoms with Crippen LogP contribution in [0.5, 0.6) is 0 Å². The van der Waals surface area contributed by atoms with E-state index in [-0.39, 0.29) is 6.54 Å². The standard InChI is InChI=1S/C18H15Cl2N3O3/c1-10-2-5-12(6-3-10)23-17(25)13(9-21-18(23)26)16(24)22-15-8-11(19)4-7-14(15)20/h2-8,13H,9H2,1H3,(H,21,26)(H,22,24). The molecule has 0 bridgehead atoms. The second-order valence-electron chi connectivity index (χ2n) is 5.86. The molecule has 1 saturated heterocycles. The lowest BCUT2D eigenvalue weighted by atomic mass is 10.0. The van der Waals surface area contributed by atoms with E-state index in [1.165, 1.54) is 6.07 Å². The fourth-order valence-electron chi connectivity index (χ4n) is 2.57. The van der Waals surface area contributed by atoms with Crippen molar-refractivity contribution < 1.29 is 14.4 Å². The van der Waals surface area contributed by atoms with Gasteiger partial charge in [-0.25, -0.2) is 9.69 Å². The van der Waals surface area contributed by atoms with Gasteiger partial charge in [0.1, 0.15) is 5.92 Å². The summed E-state index contributed by atoms with van der Waals surface area (Å²) in [5.41, 5.74) is 1.69. The third-order valence-corrected chi connectivity index (χ3v) is 4.54. The van der Waals surface area contributed by atoms with Crippen LogP contribution in [0.1, 0.15) is 5.56 Å². The van der Waals surface area contributed by atoms with Crippen molar-refractivity contribution in [3.05, 3.63) is 58.1 Å². The highest BCUT2D eigenvalue weighted by molar-refractivity contribution is 6.36. The molecule has 4 amide bonds. The molecule has 1 unspecified atom stereocenters.